The van der Waals surface area contributed by atoms with Crippen molar-refractivity contribution < 1.29 is 14.7 Å². The molecule has 1 aromatic carbocycles. The molecule has 0 aliphatic carbocycles. The van der Waals surface area contributed by atoms with E-state index in [0.717, 1.165) is 5.56 Å². The minimum atomic E-state index is -0.730. The van der Waals surface area contributed by atoms with Gasteiger partial charge in [0.2, 0.25) is 11.8 Å². The fourth-order valence-electron chi connectivity index (χ4n) is 1.88. The lowest BCUT2D eigenvalue weighted by molar-refractivity contribution is -0.125. The van der Waals surface area contributed by atoms with Crippen LogP contribution < -0.4 is 16.8 Å². The number of aromatic hydroxyl groups is 1. The number of nitrogens with two attached hydrogens (primary N) is 2. The first kappa shape index (κ1) is 16.0. The highest BCUT2D eigenvalue weighted by atomic mass is 16.3. The molecule has 2 amide bonds. The molecule has 1 rings (SSSR count). The molecular formula is C14H21N3O3. The van der Waals surface area contributed by atoms with Crippen LogP contribution in [0.1, 0.15) is 25.8 Å². The predicted molar refractivity (Wildman–Crippen MR) is 75.8 cm³/mol. The standard InChI is InChI=1S/C14H21N3O3/c1-14(2,8-12(16)19)17-13(20)11(15)7-9-3-5-10(18)6-4-9/h3-6,11,18H,7-8,15H2,1-2H3,(H2,16,19)(H,17,20)/t11-/m0/s1. The fraction of sp³-hybridized carbons (Fsp3) is 0.429. The molecule has 6 N–H and O–H groups in total. The van der Waals surface area contributed by atoms with E-state index in [4.69, 9.17) is 11.5 Å². The van der Waals surface area contributed by atoms with E-state index >= 15 is 0 Å². The minimum absolute atomic E-state index is 0.0463. The van der Waals surface area contributed by atoms with Gasteiger partial charge in [-0.25, -0.2) is 0 Å². The van der Waals surface area contributed by atoms with Gasteiger partial charge in [-0.1, -0.05) is 12.1 Å². The van der Waals surface area contributed by atoms with Crippen LogP contribution in [0.5, 0.6) is 5.75 Å². The Morgan fingerprint density at radius 3 is 2.35 bits per heavy atom. The molecule has 20 heavy (non-hydrogen) atoms. The van der Waals surface area contributed by atoms with Crippen LogP contribution in [0.15, 0.2) is 24.3 Å². The van der Waals surface area contributed by atoms with Gasteiger partial charge in [0.15, 0.2) is 0 Å². The summed E-state index contributed by atoms with van der Waals surface area (Å²) < 4.78 is 0. The molecule has 0 heterocycles. The van der Waals surface area contributed by atoms with Crippen LogP contribution in [-0.2, 0) is 16.0 Å². The molecule has 1 atom stereocenters. The van der Waals surface area contributed by atoms with Crippen molar-refractivity contribution in [2.45, 2.75) is 38.3 Å². The normalized spacial score (nSPS) is 12.8. The van der Waals surface area contributed by atoms with E-state index in [2.05, 4.69) is 5.32 Å². The maximum absolute atomic E-state index is 12.0. The van der Waals surface area contributed by atoms with Crippen molar-refractivity contribution in [3.8, 4) is 5.75 Å². The monoisotopic (exact) mass is 279 g/mol. The second kappa shape index (κ2) is 6.38. The van der Waals surface area contributed by atoms with Crippen LogP contribution in [0.4, 0.5) is 0 Å². The molecule has 110 valence electrons. The number of hydrogen-bond donors (Lipinski definition) is 4. The minimum Gasteiger partial charge on any atom is -0.508 e. The molecule has 0 fully saturated rings. The summed E-state index contributed by atoms with van der Waals surface area (Å²) in [5.41, 5.74) is 11.1. The van der Waals surface area contributed by atoms with Crippen molar-refractivity contribution in [1.82, 2.24) is 5.32 Å². The van der Waals surface area contributed by atoms with E-state index in [-0.39, 0.29) is 18.1 Å². The van der Waals surface area contributed by atoms with Gasteiger partial charge in [-0.2, -0.15) is 0 Å². The zero-order valence-corrected chi connectivity index (χ0v) is 11.7. The van der Waals surface area contributed by atoms with E-state index in [1.807, 2.05) is 0 Å². The summed E-state index contributed by atoms with van der Waals surface area (Å²) in [6, 6.07) is 5.76. The van der Waals surface area contributed by atoms with Crippen molar-refractivity contribution >= 4 is 11.8 Å². The van der Waals surface area contributed by atoms with Crippen LogP contribution in [-0.4, -0.2) is 28.5 Å². The summed E-state index contributed by atoms with van der Waals surface area (Å²) in [6.07, 6.45) is 0.392. The first-order chi connectivity index (χ1) is 9.19. The second-order valence-corrected chi connectivity index (χ2v) is 5.49. The van der Waals surface area contributed by atoms with E-state index in [1.54, 1.807) is 26.0 Å². The number of hydrogen-bond acceptors (Lipinski definition) is 4. The first-order valence-electron chi connectivity index (χ1n) is 6.33. The zero-order chi connectivity index (χ0) is 15.3. The number of carbonyl (C=O) groups is 2. The van der Waals surface area contributed by atoms with Crippen molar-refractivity contribution in [2.75, 3.05) is 0 Å². The molecule has 0 aromatic heterocycles. The van der Waals surface area contributed by atoms with Crippen LogP contribution in [0.3, 0.4) is 0 Å². The Bertz CT molecular complexity index is 483. The Morgan fingerprint density at radius 1 is 1.30 bits per heavy atom. The molecule has 0 saturated heterocycles. The van der Waals surface area contributed by atoms with E-state index in [9.17, 15) is 14.7 Å². The maximum atomic E-state index is 12.0. The number of benzene rings is 1. The van der Waals surface area contributed by atoms with Crippen LogP contribution in [0.25, 0.3) is 0 Å². The Labute approximate surface area is 118 Å². The van der Waals surface area contributed by atoms with Crippen molar-refractivity contribution in [3.05, 3.63) is 29.8 Å². The third-order valence-corrected chi connectivity index (χ3v) is 2.81. The summed E-state index contributed by atoms with van der Waals surface area (Å²) in [5, 5.41) is 11.9. The molecule has 0 aliphatic heterocycles. The molecule has 1 aromatic rings. The highest BCUT2D eigenvalue weighted by molar-refractivity contribution is 5.83. The molecule has 0 bridgehead atoms. The molecule has 0 spiro atoms. The Kier molecular flexibility index (Phi) is 5.10. The largest absolute Gasteiger partial charge is 0.508 e. The number of rotatable bonds is 6. The number of phenolic OH excluding ortho intramolecular Hbond substituents is 1. The zero-order valence-electron chi connectivity index (χ0n) is 11.7. The first-order valence-corrected chi connectivity index (χ1v) is 6.33. The van der Waals surface area contributed by atoms with Crippen LogP contribution in [0.2, 0.25) is 0 Å². The maximum Gasteiger partial charge on any atom is 0.237 e. The molecule has 0 radical (unpaired) electrons. The Morgan fingerprint density at radius 2 is 1.85 bits per heavy atom. The third-order valence-electron chi connectivity index (χ3n) is 2.81. The number of nitrogens with one attached hydrogen (secondary N) is 1. The van der Waals surface area contributed by atoms with Gasteiger partial charge in [0.25, 0.3) is 0 Å². The smallest absolute Gasteiger partial charge is 0.237 e. The summed E-state index contributed by atoms with van der Waals surface area (Å²) in [6.45, 7) is 3.42. The fourth-order valence-corrected chi connectivity index (χ4v) is 1.88. The number of primary amides is 1. The van der Waals surface area contributed by atoms with Gasteiger partial charge in [0, 0.05) is 12.0 Å². The molecule has 0 saturated carbocycles. The third kappa shape index (κ3) is 5.27. The summed E-state index contributed by atoms with van der Waals surface area (Å²) in [4.78, 5) is 22.9. The molecule has 0 aliphatic rings. The van der Waals surface area contributed by atoms with E-state index in [0.29, 0.717) is 6.42 Å². The Hall–Kier alpha value is -2.08. The van der Waals surface area contributed by atoms with Gasteiger partial charge in [-0.05, 0) is 38.0 Å². The van der Waals surface area contributed by atoms with Crippen LogP contribution >= 0.6 is 0 Å². The highest BCUT2D eigenvalue weighted by Crippen LogP contribution is 2.12. The number of carbonyl (C=O) groups excluding carboxylic acids is 2. The topological polar surface area (TPSA) is 118 Å². The van der Waals surface area contributed by atoms with Crippen molar-refractivity contribution in [2.24, 2.45) is 11.5 Å². The molecule has 6 nitrogen and oxygen atoms in total. The van der Waals surface area contributed by atoms with Crippen molar-refractivity contribution in [1.29, 1.82) is 0 Å². The van der Waals surface area contributed by atoms with E-state index < -0.39 is 17.5 Å². The summed E-state index contributed by atoms with van der Waals surface area (Å²) in [7, 11) is 0. The molecule has 0 unspecified atom stereocenters. The lowest BCUT2D eigenvalue weighted by Crippen LogP contribution is -2.52. The van der Waals surface area contributed by atoms with Crippen molar-refractivity contribution in [3.63, 3.8) is 0 Å². The number of phenols is 1. The molecule has 6 heteroatoms. The quantitative estimate of drug-likeness (QED) is 0.587. The summed E-state index contributed by atoms with van der Waals surface area (Å²) in [5.74, 6) is -0.666. The van der Waals surface area contributed by atoms with Gasteiger partial charge in [-0.3, -0.25) is 9.59 Å². The summed E-state index contributed by atoms with van der Waals surface area (Å²) >= 11 is 0. The average Bonchev–Trinajstić information content (AvgIpc) is 2.29. The van der Waals surface area contributed by atoms with Gasteiger partial charge in [-0.15, -0.1) is 0 Å². The lowest BCUT2D eigenvalue weighted by Gasteiger charge is -2.26. The van der Waals surface area contributed by atoms with Gasteiger partial charge < -0.3 is 21.9 Å². The number of amides is 2. The van der Waals surface area contributed by atoms with Gasteiger partial charge in [0.1, 0.15) is 5.75 Å². The predicted octanol–water partition coefficient (Wildman–Crippen LogP) is 0.0322. The van der Waals surface area contributed by atoms with Crippen LogP contribution in [0, 0.1) is 0 Å². The average molecular weight is 279 g/mol. The van der Waals surface area contributed by atoms with Gasteiger partial charge >= 0.3 is 0 Å². The molecular weight excluding hydrogens is 258 g/mol. The SMILES string of the molecule is CC(C)(CC(N)=O)NC(=O)[C@@H](N)Cc1ccc(O)cc1. The van der Waals surface area contributed by atoms with Gasteiger partial charge in [0.05, 0.1) is 6.04 Å². The lowest BCUT2D eigenvalue weighted by atomic mass is 9.98. The van der Waals surface area contributed by atoms with E-state index in [1.165, 1.54) is 12.1 Å². The second-order valence-electron chi connectivity index (χ2n) is 5.49. The Balaban J connectivity index is 2.58. The highest BCUT2D eigenvalue weighted by Gasteiger charge is 2.25.